The number of alkyl carbamates (subject to hydrolysis) is 2. The van der Waals surface area contributed by atoms with Crippen molar-refractivity contribution in [1.82, 2.24) is 46.0 Å². The number of aliphatic hydroxyl groups excluding tert-OH is 1. The number of nitrogens with one attached hydrogen (secondary N) is 4. The molecule has 2 unspecified atom stereocenters. The highest BCUT2D eigenvalue weighted by Crippen LogP contribution is 2.38. The number of anilines is 1. The average Bonchev–Trinajstić information content (AvgIpc) is 3.91. The average molecular weight is 1050 g/mol. The second-order valence-corrected chi connectivity index (χ2v) is 22.3. The van der Waals surface area contributed by atoms with E-state index in [2.05, 4.69) is 48.1 Å². The quantitative estimate of drug-likeness (QED) is 0.0750. The summed E-state index contributed by atoms with van der Waals surface area (Å²) in [5.41, 5.74) is 2.49. The van der Waals surface area contributed by atoms with Gasteiger partial charge in [0, 0.05) is 80.0 Å². The summed E-state index contributed by atoms with van der Waals surface area (Å²) in [4.78, 5) is 75.7. The second-order valence-electron chi connectivity index (χ2n) is 22.3. The lowest BCUT2D eigenvalue weighted by atomic mass is 9.85. The molecule has 2 aromatic heterocycles. The molecule has 0 radical (unpaired) electrons. The molecule has 19 nitrogen and oxygen atoms in total. The fourth-order valence-corrected chi connectivity index (χ4v) is 9.67. The van der Waals surface area contributed by atoms with Crippen LogP contribution in [-0.2, 0) is 48.6 Å². The maximum atomic E-state index is 16.0. The normalized spacial score (nSPS) is 18.5. The topological polar surface area (TPSA) is 222 Å². The lowest BCUT2D eigenvalue weighted by Gasteiger charge is -2.47. The highest BCUT2D eigenvalue weighted by molar-refractivity contribution is 5.87. The Labute approximate surface area is 442 Å². The molecule has 3 saturated heterocycles. The smallest absolute Gasteiger partial charge is 0.407 e. The highest BCUT2D eigenvalue weighted by Gasteiger charge is 2.51. The number of amides is 5. The van der Waals surface area contributed by atoms with E-state index < -0.39 is 94.8 Å². The predicted octanol–water partition coefficient (Wildman–Crippen LogP) is 4.84. The first-order valence-corrected chi connectivity index (χ1v) is 25.3. The van der Waals surface area contributed by atoms with E-state index in [9.17, 15) is 29.1 Å². The number of piperazine rings is 1. The van der Waals surface area contributed by atoms with E-state index in [1.165, 1.54) is 4.68 Å². The molecule has 0 saturated carbocycles. The van der Waals surface area contributed by atoms with Gasteiger partial charge >= 0.3 is 12.2 Å². The number of aryl methyl sites for hydroxylation is 1. The zero-order valence-corrected chi connectivity index (χ0v) is 44.8. The second kappa shape index (κ2) is 23.4. The van der Waals surface area contributed by atoms with Gasteiger partial charge in [-0.1, -0.05) is 65.5 Å². The predicted molar refractivity (Wildman–Crippen MR) is 278 cm³/mol. The van der Waals surface area contributed by atoms with Gasteiger partial charge in [-0.2, -0.15) is 5.10 Å². The number of halogens is 2. The van der Waals surface area contributed by atoms with Gasteiger partial charge in [0.15, 0.2) is 0 Å². The summed E-state index contributed by atoms with van der Waals surface area (Å²) in [6, 6.07) is 11.5. The maximum absolute atomic E-state index is 16.0. The molecule has 3 aliphatic heterocycles. The number of aliphatic hydroxyl groups is 1. The van der Waals surface area contributed by atoms with Gasteiger partial charge in [-0.05, 0) is 85.0 Å². The largest absolute Gasteiger partial charge is 0.453 e. The number of methoxy groups -OCH3 is 2. The number of ether oxygens (including phenoxy) is 3. The van der Waals surface area contributed by atoms with E-state index in [0.717, 1.165) is 50.0 Å². The summed E-state index contributed by atoms with van der Waals surface area (Å²) in [7, 11) is 3.97. The molecule has 6 atom stereocenters. The van der Waals surface area contributed by atoms with Crippen molar-refractivity contribution >= 4 is 35.7 Å². The minimum absolute atomic E-state index is 0.00323. The highest BCUT2D eigenvalue weighted by atomic mass is 19.1. The molecule has 21 heteroatoms. The molecule has 0 spiro atoms. The van der Waals surface area contributed by atoms with Gasteiger partial charge in [-0.15, -0.1) is 0 Å². The minimum atomic E-state index is -1.56. The van der Waals surface area contributed by atoms with Crippen LogP contribution in [-0.4, -0.2) is 143 Å². The van der Waals surface area contributed by atoms with E-state index in [4.69, 9.17) is 19.2 Å². The van der Waals surface area contributed by atoms with Crippen LogP contribution < -0.4 is 26.3 Å². The van der Waals surface area contributed by atoms with E-state index in [1.807, 2.05) is 19.1 Å². The third-order valence-electron chi connectivity index (χ3n) is 14.0. The first-order chi connectivity index (χ1) is 35.8. The lowest BCUT2D eigenvalue weighted by Crippen LogP contribution is -2.62. The third kappa shape index (κ3) is 13.6. The summed E-state index contributed by atoms with van der Waals surface area (Å²) in [5, 5.41) is 25.5. The molecule has 5 amide bonds. The summed E-state index contributed by atoms with van der Waals surface area (Å²) in [5.74, 6) is 3.95. The number of fused-ring (bicyclic) bond motifs is 2. The zero-order chi connectivity index (χ0) is 55.3. The van der Waals surface area contributed by atoms with E-state index >= 15 is 8.78 Å². The zero-order valence-electron chi connectivity index (χ0n) is 44.8. The van der Waals surface area contributed by atoms with Gasteiger partial charge in [-0.25, -0.2) is 28.4 Å². The lowest BCUT2D eigenvalue weighted by molar-refractivity contribution is -0.172. The summed E-state index contributed by atoms with van der Waals surface area (Å²) in [6.45, 7) is 13.5. The van der Waals surface area contributed by atoms with Gasteiger partial charge in [0.1, 0.15) is 29.5 Å². The van der Waals surface area contributed by atoms with Crippen LogP contribution in [0, 0.1) is 39.7 Å². The number of rotatable bonds is 16. The van der Waals surface area contributed by atoms with Gasteiger partial charge in [-0.3, -0.25) is 24.5 Å². The molecule has 4 aromatic rings. The Morgan fingerprint density at radius 2 is 1.41 bits per heavy atom. The Kier molecular flexibility index (Phi) is 17.4. The third-order valence-corrected chi connectivity index (χ3v) is 14.0. The Hall–Kier alpha value is -7.15. The van der Waals surface area contributed by atoms with E-state index in [-0.39, 0.29) is 30.0 Å². The van der Waals surface area contributed by atoms with Crippen LogP contribution in [0.1, 0.15) is 83.6 Å². The Bertz CT molecular complexity index is 2780. The number of nitrogens with zero attached hydrogens (tertiary/aromatic N) is 6. The molecule has 3 fully saturated rings. The summed E-state index contributed by atoms with van der Waals surface area (Å²) >= 11 is 0. The fraction of sp³-hybridized carbons (Fsp3) is 0.509. The molecule has 2 aromatic carbocycles. The van der Waals surface area contributed by atoms with Crippen LogP contribution in [0.2, 0.25) is 0 Å². The van der Waals surface area contributed by atoms with Crippen LogP contribution in [0.4, 0.5) is 24.2 Å². The first-order valence-electron chi connectivity index (χ1n) is 25.3. The number of carbonyl (C=O) groups excluding carboxylic acids is 5. The number of aromatic nitrogens is 3. The van der Waals surface area contributed by atoms with Gasteiger partial charge < -0.3 is 45.1 Å². The van der Waals surface area contributed by atoms with Crippen LogP contribution in [0.3, 0.4) is 0 Å². The number of hydrazine groups is 1. The van der Waals surface area contributed by atoms with Crippen molar-refractivity contribution in [2.24, 2.45) is 23.3 Å². The number of benzene rings is 2. The molecule has 2 bridgehead atoms. The molecule has 5 N–H and O–H groups in total. The van der Waals surface area contributed by atoms with Gasteiger partial charge in [0.2, 0.25) is 11.8 Å². The van der Waals surface area contributed by atoms with Crippen molar-refractivity contribution in [3.63, 3.8) is 0 Å². The van der Waals surface area contributed by atoms with Crippen molar-refractivity contribution < 1.29 is 52.1 Å². The molecule has 7 rings (SSSR count). The molecular weight excluding hydrogens is 983 g/mol. The van der Waals surface area contributed by atoms with Crippen molar-refractivity contribution in [2.45, 2.75) is 111 Å². The number of pyridine rings is 1. The van der Waals surface area contributed by atoms with E-state index in [1.54, 1.807) is 91.3 Å². The molecule has 408 valence electrons. The van der Waals surface area contributed by atoms with Crippen LogP contribution in [0.15, 0.2) is 67.0 Å². The fourth-order valence-electron chi connectivity index (χ4n) is 9.67. The van der Waals surface area contributed by atoms with Gasteiger partial charge in [0.05, 0.1) is 50.7 Å². The molecule has 76 heavy (non-hydrogen) atoms. The Balaban J connectivity index is 1.11. The van der Waals surface area contributed by atoms with Crippen LogP contribution in [0.25, 0.3) is 11.3 Å². The van der Waals surface area contributed by atoms with E-state index in [0.29, 0.717) is 48.7 Å². The minimum Gasteiger partial charge on any atom is -0.453 e. The summed E-state index contributed by atoms with van der Waals surface area (Å²) < 4.78 is 48.5. The number of hydrogen-bond acceptors (Lipinski definition) is 13. The molecule has 0 aliphatic carbocycles. The Morgan fingerprint density at radius 3 is 1.91 bits per heavy atom. The molecule has 3 aliphatic rings. The van der Waals surface area contributed by atoms with Crippen molar-refractivity contribution in [3.8, 4) is 23.1 Å². The summed E-state index contributed by atoms with van der Waals surface area (Å²) in [6.07, 6.45) is 1.94. The number of carbonyl (C=O) groups is 5. The number of hydrogen-bond donors (Lipinski definition) is 5. The first kappa shape index (κ1) is 56.6. The SMILES string of the molecule is COC(=O)N[C@H](C(=O)N[C@@H](Cc1ccc(C#Cc2ccc(N3CC4CCC(C3)N4C(=O)C3(C)COC3)nc2)cc1)[C@@H](O)CN(Cc1c(F)cc(-c2ccn(C)n2)cc1F)NC(=O)[C@@H](NC(=O)OC)C(C)(C)C)C(C)(C)C. The van der Waals surface area contributed by atoms with Crippen LogP contribution in [0.5, 0.6) is 0 Å². The standard InChI is InChI=1S/C55H70F2N10O9/c1-53(2,3)46(60-51(72)74-9)48(69)59-43(44(68)30-66(63-49(70)47(54(4,5)6)61-52(73)75-10)29-39-40(56)24-36(25-41(39)57)42-21-22-64(8)62-42)23-34-14-11-33(12-15-34)13-16-35-17-20-45(58-26-35)65-27-37-18-19-38(28-65)67(37)50(71)55(7)31-76-32-55/h11-12,14-15,17,20-22,24-26,37-38,43-44,46-47,68H,18-19,23,27-32H2,1-10H3,(H,59,69)(H,60,72)(H,61,73)(H,63,70)/t37?,38?,43-,44-,46+,47+/m0/s1. The Morgan fingerprint density at radius 1 is 0.842 bits per heavy atom. The maximum Gasteiger partial charge on any atom is 0.407 e. The molecule has 5 heterocycles. The van der Waals surface area contributed by atoms with Crippen LogP contribution >= 0.6 is 0 Å². The van der Waals surface area contributed by atoms with Crippen molar-refractivity contribution in [2.75, 3.05) is 52.0 Å². The van der Waals surface area contributed by atoms with Gasteiger partial charge in [0.25, 0.3) is 5.91 Å². The van der Waals surface area contributed by atoms with Crippen molar-refractivity contribution in [1.29, 1.82) is 0 Å². The monoisotopic (exact) mass is 1050 g/mol. The van der Waals surface area contributed by atoms with Crippen molar-refractivity contribution in [3.05, 3.63) is 101 Å². The molecular formula is C55H70F2N10O9.